The van der Waals surface area contributed by atoms with Gasteiger partial charge >= 0.3 is 11.7 Å². The molecule has 1 atom stereocenters. The summed E-state index contributed by atoms with van der Waals surface area (Å²) in [5.41, 5.74) is 6.19. The average Bonchev–Trinajstić information content (AvgIpc) is 3.11. The lowest BCUT2D eigenvalue weighted by molar-refractivity contribution is -0.552. The van der Waals surface area contributed by atoms with Crippen LogP contribution in [0, 0.1) is 6.92 Å². The van der Waals surface area contributed by atoms with E-state index in [1.165, 1.54) is 11.1 Å². The zero-order valence-corrected chi connectivity index (χ0v) is 17.5. The fourth-order valence-corrected chi connectivity index (χ4v) is 4.12. The second-order valence-corrected chi connectivity index (χ2v) is 8.05. The quantitative estimate of drug-likeness (QED) is 0.492. The maximum absolute atomic E-state index is 13.3. The molecule has 152 valence electrons. The molecule has 31 heavy (non-hydrogen) atoms. The predicted molar refractivity (Wildman–Crippen MR) is 122 cm³/mol. The molecule has 4 nitrogen and oxygen atoms in total. The highest BCUT2D eigenvalue weighted by Crippen LogP contribution is 2.25. The van der Waals surface area contributed by atoms with Gasteiger partial charge < -0.3 is 0 Å². The molecule has 3 aromatic carbocycles. The molecule has 0 saturated heterocycles. The van der Waals surface area contributed by atoms with Gasteiger partial charge in [0.25, 0.3) is 0 Å². The molecular formula is C27H24N3O+. The Kier molecular flexibility index (Phi) is 5.04. The van der Waals surface area contributed by atoms with Crippen LogP contribution in [-0.2, 0) is 12.8 Å². The highest BCUT2D eigenvalue weighted by molar-refractivity contribution is 5.82. The van der Waals surface area contributed by atoms with Crippen LogP contribution in [-0.4, -0.2) is 16.9 Å². The summed E-state index contributed by atoms with van der Waals surface area (Å²) in [4.78, 5) is 18.3. The summed E-state index contributed by atoms with van der Waals surface area (Å²) in [6.07, 6.45) is 3.18. The van der Waals surface area contributed by atoms with Gasteiger partial charge in [0.2, 0.25) is 0 Å². The first-order valence-electron chi connectivity index (χ1n) is 10.6. The van der Waals surface area contributed by atoms with Crippen LogP contribution in [0.4, 0.5) is 5.82 Å². The van der Waals surface area contributed by atoms with Gasteiger partial charge in [-0.3, -0.25) is 5.32 Å². The molecule has 0 saturated carbocycles. The summed E-state index contributed by atoms with van der Waals surface area (Å²) >= 11 is 0. The van der Waals surface area contributed by atoms with Crippen LogP contribution in [0.3, 0.4) is 0 Å². The maximum atomic E-state index is 13.3. The van der Waals surface area contributed by atoms with Crippen LogP contribution in [0.25, 0.3) is 11.3 Å². The van der Waals surface area contributed by atoms with Crippen molar-refractivity contribution in [3.63, 3.8) is 0 Å². The van der Waals surface area contributed by atoms with Gasteiger partial charge in [0.15, 0.2) is 6.04 Å². The van der Waals surface area contributed by atoms with E-state index in [4.69, 9.17) is 4.98 Å². The van der Waals surface area contributed by atoms with Crippen molar-refractivity contribution in [1.29, 1.82) is 0 Å². The summed E-state index contributed by atoms with van der Waals surface area (Å²) in [5, 5.41) is 3.46. The van der Waals surface area contributed by atoms with E-state index in [1.807, 2.05) is 54.7 Å². The van der Waals surface area contributed by atoms with E-state index >= 15 is 0 Å². The van der Waals surface area contributed by atoms with Crippen molar-refractivity contribution < 1.29 is 9.36 Å². The Morgan fingerprint density at radius 3 is 2.32 bits per heavy atom. The molecule has 1 aliphatic rings. The molecule has 2 heterocycles. The molecule has 0 spiro atoms. The molecule has 1 unspecified atom stereocenters. The number of anilines is 1. The number of aryl methyl sites for hydroxylation is 1. The van der Waals surface area contributed by atoms with Gasteiger partial charge in [0.05, 0.1) is 0 Å². The standard InChI is InChI=1S/C27H23N3O/c1-19-9-8-14-22(15-19)25-18-30-26(23(28-25)16-20-10-4-2-5-11-20)29-24(27(30)31)17-21-12-6-3-7-13-21/h2-15,18,24H,16-17H2,1H3/p+1. The second-order valence-electron chi connectivity index (χ2n) is 8.05. The van der Waals surface area contributed by atoms with E-state index in [-0.39, 0.29) is 11.9 Å². The van der Waals surface area contributed by atoms with E-state index < -0.39 is 0 Å². The van der Waals surface area contributed by atoms with Crippen molar-refractivity contribution in [2.75, 3.05) is 5.32 Å². The molecule has 0 fully saturated rings. The number of hydrogen-bond acceptors (Lipinski definition) is 3. The fraction of sp³-hybridized carbons (Fsp3) is 0.148. The van der Waals surface area contributed by atoms with Crippen LogP contribution >= 0.6 is 0 Å². The first-order chi connectivity index (χ1) is 15.2. The Bertz CT molecular complexity index is 1240. The molecule has 4 heteroatoms. The smallest absolute Gasteiger partial charge is 0.258 e. The molecule has 0 amide bonds. The first kappa shape index (κ1) is 19.2. The molecule has 0 aliphatic carbocycles. The number of aromatic nitrogens is 2. The van der Waals surface area contributed by atoms with E-state index in [9.17, 15) is 4.79 Å². The third-order valence-corrected chi connectivity index (χ3v) is 5.68. The lowest BCUT2D eigenvalue weighted by Crippen LogP contribution is -2.44. The Hall–Kier alpha value is -3.79. The monoisotopic (exact) mass is 406 g/mol. The number of nitrogens with one attached hydrogen (secondary N) is 1. The minimum Gasteiger partial charge on any atom is -0.258 e. The summed E-state index contributed by atoms with van der Waals surface area (Å²) in [5.74, 6) is 0.857. The van der Waals surface area contributed by atoms with Gasteiger partial charge in [-0.25, -0.2) is 9.78 Å². The lowest BCUT2D eigenvalue weighted by Gasteiger charge is -2.07. The van der Waals surface area contributed by atoms with Crippen molar-refractivity contribution in [2.45, 2.75) is 25.8 Å². The van der Waals surface area contributed by atoms with Crippen molar-refractivity contribution in [2.24, 2.45) is 0 Å². The molecule has 4 aromatic rings. The zero-order chi connectivity index (χ0) is 21.2. The van der Waals surface area contributed by atoms with Gasteiger partial charge in [-0.15, -0.1) is 0 Å². The SMILES string of the molecule is Cc1cccc(-c2c[n+]3c(c(Cc4ccccc4)n2)NC(Cc2ccccc2)C3=O)c1. The normalized spacial score (nSPS) is 14.9. The molecule has 1 N–H and O–H groups in total. The minimum atomic E-state index is -0.300. The van der Waals surface area contributed by atoms with Crippen molar-refractivity contribution >= 4 is 11.7 Å². The Labute approximate surface area is 182 Å². The van der Waals surface area contributed by atoms with Gasteiger partial charge in [0, 0.05) is 18.4 Å². The van der Waals surface area contributed by atoms with E-state index in [0.29, 0.717) is 12.8 Å². The van der Waals surface area contributed by atoms with Gasteiger partial charge in [-0.05, 0) is 24.1 Å². The van der Waals surface area contributed by atoms with Gasteiger partial charge in [-0.1, -0.05) is 84.4 Å². The maximum Gasteiger partial charge on any atom is 0.359 e. The highest BCUT2D eigenvalue weighted by Gasteiger charge is 2.41. The first-order valence-corrected chi connectivity index (χ1v) is 10.6. The molecule has 5 rings (SSSR count). The second kappa shape index (κ2) is 8.15. The number of rotatable bonds is 5. The Balaban J connectivity index is 1.56. The predicted octanol–water partition coefficient (Wildman–Crippen LogP) is 4.61. The molecule has 0 bridgehead atoms. The van der Waals surface area contributed by atoms with Crippen LogP contribution in [0.1, 0.15) is 27.2 Å². The Morgan fingerprint density at radius 1 is 0.903 bits per heavy atom. The zero-order valence-electron chi connectivity index (χ0n) is 17.5. The molecule has 0 radical (unpaired) electrons. The number of hydrogen-bond donors (Lipinski definition) is 1. The number of nitrogens with zero attached hydrogens (tertiary/aromatic N) is 2. The molecule has 1 aliphatic heterocycles. The summed E-state index contributed by atoms with van der Waals surface area (Å²) in [6.45, 7) is 2.07. The summed E-state index contributed by atoms with van der Waals surface area (Å²) in [7, 11) is 0. The number of fused-ring (bicyclic) bond motifs is 1. The lowest BCUT2D eigenvalue weighted by atomic mass is 10.1. The average molecular weight is 407 g/mol. The van der Waals surface area contributed by atoms with E-state index in [2.05, 4.69) is 48.6 Å². The van der Waals surface area contributed by atoms with Crippen molar-refractivity contribution in [3.05, 3.63) is 114 Å². The number of carbonyl (C=O) groups is 1. The van der Waals surface area contributed by atoms with E-state index in [1.54, 1.807) is 4.57 Å². The largest absolute Gasteiger partial charge is 0.359 e. The topological polar surface area (TPSA) is 45.9 Å². The highest BCUT2D eigenvalue weighted by atomic mass is 16.2. The van der Waals surface area contributed by atoms with Crippen LogP contribution in [0.2, 0.25) is 0 Å². The molecular weight excluding hydrogens is 382 g/mol. The van der Waals surface area contributed by atoms with Crippen LogP contribution in [0.5, 0.6) is 0 Å². The van der Waals surface area contributed by atoms with Crippen LogP contribution in [0.15, 0.2) is 91.1 Å². The summed E-state index contributed by atoms with van der Waals surface area (Å²) in [6, 6.07) is 28.3. The van der Waals surface area contributed by atoms with Crippen molar-refractivity contribution in [1.82, 2.24) is 4.98 Å². The van der Waals surface area contributed by atoms with Crippen LogP contribution < -0.4 is 9.88 Å². The third kappa shape index (κ3) is 3.97. The third-order valence-electron chi connectivity index (χ3n) is 5.68. The number of benzene rings is 3. The number of carbonyl (C=O) groups excluding carboxylic acids is 1. The van der Waals surface area contributed by atoms with E-state index in [0.717, 1.165) is 28.3 Å². The minimum absolute atomic E-state index is 0.0597. The van der Waals surface area contributed by atoms with Crippen molar-refractivity contribution in [3.8, 4) is 11.3 Å². The fourth-order valence-electron chi connectivity index (χ4n) is 4.12. The summed E-state index contributed by atoms with van der Waals surface area (Å²) < 4.78 is 1.76. The van der Waals surface area contributed by atoms with Gasteiger partial charge in [-0.2, -0.15) is 4.57 Å². The Morgan fingerprint density at radius 2 is 1.61 bits per heavy atom. The molecule has 1 aromatic heterocycles. The van der Waals surface area contributed by atoms with Gasteiger partial charge in [0.1, 0.15) is 17.6 Å².